The lowest BCUT2D eigenvalue weighted by molar-refractivity contribution is 0.0991. The van der Waals surface area contributed by atoms with Gasteiger partial charge in [0, 0.05) is 21.1 Å². The van der Waals surface area contributed by atoms with E-state index in [0.29, 0.717) is 6.42 Å². The average molecular weight is 380 g/mol. The summed E-state index contributed by atoms with van der Waals surface area (Å²) < 4.78 is 6.37. The molecule has 0 aliphatic carbocycles. The van der Waals surface area contributed by atoms with Crippen molar-refractivity contribution in [2.24, 2.45) is 0 Å². The van der Waals surface area contributed by atoms with E-state index in [1.54, 1.807) is 7.11 Å². The second-order valence-electron chi connectivity index (χ2n) is 4.85. The first-order valence-electron chi connectivity index (χ1n) is 6.44. The fraction of sp³-hybridized carbons (Fsp3) is 0.235. The van der Waals surface area contributed by atoms with Crippen molar-refractivity contribution in [1.82, 2.24) is 0 Å². The van der Waals surface area contributed by atoms with Crippen molar-refractivity contribution in [3.8, 4) is 5.75 Å². The van der Waals surface area contributed by atoms with Gasteiger partial charge in [-0.25, -0.2) is 0 Å². The van der Waals surface area contributed by atoms with Gasteiger partial charge in [-0.3, -0.25) is 4.79 Å². The maximum absolute atomic E-state index is 12.5. The Morgan fingerprint density at radius 3 is 2.65 bits per heavy atom. The van der Waals surface area contributed by atoms with Gasteiger partial charge in [0.2, 0.25) is 0 Å². The molecule has 0 aliphatic heterocycles. The van der Waals surface area contributed by atoms with Crippen molar-refractivity contribution >= 4 is 28.4 Å². The average Bonchev–Trinajstić information content (AvgIpc) is 2.42. The summed E-state index contributed by atoms with van der Waals surface area (Å²) in [4.78, 5) is 12.5. The Hall–Kier alpha value is -1.36. The highest BCUT2D eigenvalue weighted by molar-refractivity contribution is 14.1. The van der Waals surface area contributed by atoms with Gasteiger partial charge in [-0.15, -0.1) is 0 Å². The number of methoxy groups -OCH3 is 1. The normalized spacial score (nSPS) is 10.4. The molecule has 3 heteroatoms. The molecule has 0 aliphatic rings. The predicted octanol–water partition coefficient (Wildman–Crippen LogP) is 4.34. The summed E-state index contributed by atoms with van der Waals surface area (Å²) in [5.74, 6) is 0.897. The molecule has 0 aromatic heterocycles. The second-order valence-corrected chi connectivity index (χ2v) is 5.93. The molecular weight excluding hydrogens is 363 g/mol. The number of carbonyl (C=O) groups excluding carboxylic acids is 1. The maximum atomic E-state index is 12.5. The van der Waals surface area contributed by atoms with Gasteiger partial charge >= 0.3 is 0 Å². The van der Waals surface area contributed by atoms with E-state index in [0.717, 1.165) is 31.6 Å². The molecule has 2 aromatic rings. The van der Waals surface area contributed by atoms with Crippen molar-refractivity contribution < 1.29 is 9.53 Å². The van der Waals surface area contributed by atoms with Crippen LogP contribution in [0.1, 0.15) is 27.0 Å². The van der Waals surface area contributed by atoms with E-state index in [-0.39, 0.29) is 5.78 Å². The molecule has 0 radical (unpaired) electrons. The minimum absolute atomic E-state index is 0.127. The van der Waals surface area contributed by atoms with Crippen LogP contribution >= 0.6 is 22.6 Å². The number of halogens is 1. The monoisotopic (exact) mass is 380 g/mol. The van der Waals surface area contributed by atoms with Crippen molar-refractivity contribution in [3.63, 3.8) is 0 Å². The van der Waals surface area contributed by atoms with Crippen LogP contribution in [0.2, 0.25) is 0 Å². The van der Waals surface area contributed by atoms with Crippen LogP contribution in [0.3, 0.4) is 0 Å². The van der Waals surface area contributed by atoms with Crippen LogP contribution < -0.4 is 4.74 Å². The van der Waals surface area contributed by atoms with Gasteiger partial charge in [0.05, 0.1) is 7.11 Å². The van der Waals surface area contributed by atoms with Gasteiger partial charge in [0.25, 0.3) is 0 Å². The van der Waals surface area contributed by atoms with Crippen LogP contribution in [0.25, 0.3) is 0 Å². The smallest absolute Gasteiger partial charge is 0.168 e. The molecule has 0 heterocycles. The first kappa shape index (κ1) is 15.0. The highest BCUT2D eigenvalue weighted by Crippen LogP contribution is 2.23. The van der Waals surface area contributed by atoms with Crippen LogP contribution in [-0.4, -0.2) is 12.9 Å². The van der Waals surface area contributed by atoms with Crippen LogP contribution in [0.5, 0.6) is 5.75 Å². The van der Waals surface area contributed by atoms with Gasteiger partial charge in [0.15, 0.2) is 5.78 Å². The summed E-state index contributed by atoms with van der Waals surface area (Å²) in [5.41, 5.74) is 3.99. The zero-order valence-electron chi connectivity index (χ0n) is 11.9. The van der Waals surface area contributed by atoms with E-state index in [2.05, 4.69) is 22.6 Å². The number of rotatable bonds is 4. The van der Waals surface area contributed by atoms with Crippen LogP contribution in [0.15, 0.2) is 36.4 Å². The number of ether oxygens (including phenoxy) is 1. The minimum atomic E-state index is 0.127. The number of hydrogen-bond donors (Lipinski definition) is 0. The topological polar surface area (TPSA) is 26.3 Å². The van der Waals surface area contributed by atoms with E-state index in [1.807, 2.05) is 50.2 Å². The van der Waals surface area contributed by atoms with Gasteiger partial charge in [0.1, 0.15) is 5.75 Å². The fourth-order valence-electron chi connectivity index (χ4n) is 2.18. The molecule has 0 saturated carbocycles. The van der Waals surface area contributed by atoms with E-state index < -0.39 is 0 Å². The van der Waals surface area contributed by atoms with E-state index in [9.17, 15) is 4.79 Å². The fourth-order valence-corrected chi connectivity index (χ4v) is 2.84. The van der Waals surface area contributed by atoms with Gasteiger partial charge < -0.3 is 4.74 Å². The second kappa shape index (κ2) is 6.39. The zero-order chi connectivity index (χ0) is 14.7. The molecule has 2 nitrogen and oxygen atoms in total. The molecule has 0 N–H and O–H groups in total. The number of aryl methyl sites for hydroxylation is 2. The quantitative estimate of drug-likeness (QED) is 0.583. The van der Waals surface area contributed by atoms with Crippen molar-refractivity contribution in [2.45, 2.75) is 20.3 Å². The molecular formula is C17H17IO2. The molecule has 2 rings (SSSR count). The van der Waals surface area contributed by atoms with Gasteiger partial charge in [-0.1, -0.05) is 35.9 Å². The van der Waals surface area contributed by atoms with E-state index in [1.165, 1.54) is 0 Å². The zero-order valence-corrected chi connectivity index (χ0v) is 14.0. The SMILES string of the molecule is COc1ccc(C)cc1CC(=O)c1cccc(C)c1I. The molecule has 0 unspecified atom stereocenters. The summed E-state index contributed by atoms with van der Waals surface area (Å²) in [7, 11) is 1.63. The van der Waals surface area contributed by atoms with Crippen molar-refractivity contribution in [2.75, 3.05) is 7.11 Å². The summed E-state index contributed by atoms with van der Waals surface area (Å²) >= 11 is 2.24. The lowest BCUT2D eigenvalue weighted by atomic mass is 10.00. The highest BCUT2D eigenvalue weighted by Gasteiger charge is 2.14. The predicted molar refractivity (Wildman–Crippen MR) is 89.7 cm³/mol. The largest absolute Gasteiger partial charge is 0.496 e. The Morgan fingerprint density at radius 1 is 1.20 bits per heavy atom. The first-order chi connectivity index (χ1) is 9.52. The Balaban J connectivity index is 2.32. The molecule has 20 heavy (non-hydrogen) atoms. The number of Topliss-reactive ketones (excluding diaryl/α,β-unsaturated/α-hetero) is 1. The number of hydrogen-bond acceptors (Lipinski definition) is 2. The Morgan fingerprint density at radius 2 is 1.95 bits per heavy atom. The maximum Gasteiger partial charge on any atom is 0.168 e. The third-order valence-electron chi connectivity index (χ3n) is 3.28. The van der Waals surface area contributed by atoms with Crippen molar-refractivity contribution in [3.05, 3.63) is 62.2 Å². The summed E-state index contributed by atoms with van der Waals surface area (Å²) in [6.07, 6.45) is 0.365. The molecule has 104 valence electrons. The Bertz CT molecular complexity index is 647. The molecule has 0 atom stereocenters. The van der Waals surface area contributed by atoms with Gasteiger partial charge in [-0.2, -0.15) is 0 Å². The number of ketones is 1. The molecule has 0 amide bonds. The summed E-state index contributed by atoms with van der Waals surface area (Å²) in [6.45, 7) is 4.04. The first-order valence-corrected chi connectivity index (χ1v) is 7.52. The minimum Gasteiger partial charge on any atom is -0.496 e. The molecule has 0 fully saturated rings. The van der Waals surface area contributed by atoms with Crippen LogP contribution in [-0.2, 0) is 6.42 Å². The van der Waals surface area contributed by atoms with Crippen LogP contribution in [0, 0.1) is 17.4 Å². The third-order valence-corrected chi connectivity index (χ3v) is 4.71. The summed E-state index contributed by atoms with van der Waals surface area (Å²) in [6, 6.07) is 11.8. The lowest BCUT2D eigenvalue weighted by Gasteiger charge is -2.10. The molecule has 2 aromatic carbocycles. The van der Waals surface area contributed by atoms with Gasteiger partial charge in [-0.05, 0) is 48.1 Å². The molecule has 0 bridgehead atoms. The van der Waals surface area contributed by atoms with Crippen LogP contribution in [0.4, 0.5) is 0 Å². The Labute approximate surface area is 133 Å². The lowest BCUT2D eigenvalue weighted by Crippen LogP contribution is -2.08. The van der Waals surface area contributed by atoms with E-state index >= 15 is 0 Å². The summed E-state index contributed by atoms with van der Waals surface area (Å²) in [5, 5.41) is 0. The number of benzene rings is 2. The van der Waals surface area contributed by atoms with E-state index in [4.69, 9.17) is 4.74 Å². The third kappa shape index (κ3) is 3.20. The Kier molecular flexibility index (Phi) is 4.81. The number of carbonyl (C=O) groups is 1. The molecule has 0 spiro atoms. The molecule has 0 saturated heterocycles. The highest BCUT2D eigenvalue weighted by atomic mass is 127. The van der Waals surface area contributed by atoms with Crippen molar-refractivity contribution in [1.29, 1.82) is 0 Å². The standard InChI is InChI=1S/C17H17IO2/c1-11-7-8-16(20-3)13(9-11)10-15(19)14-6-4-5-12(2)17(14)18/h4-9H,10H2,1-3H3.